The number of hydrogen-bond donors (Lipinski definition) is 0. The Morgan fingerprint density at radius 3 is 1.25 bits per heavy atom. The summed E-state index contributed by atoms with van der Waals surface area (Å²) < 4.78 is 37.3. The van der Waals surface area contributed by atoms with E-state index < -0.39 is 40.2 Å². The molecule has 3 aliphatic heterocycles. The number of hydrogen-bond acceptors (Lipinski definition) is 6. The van der Waals surface area contributed by atoms with E-state index in [1.54, 1.807) is 0 Å². The van der Waals surface area contributed by atoms with Crippen molar-refractivity contribution in [2.45, 2.75) is 40.2 Å². The van der Waals surface area contributed by atoms with E-state index in [1.165, 1.54) is 0 Å². The molecule has 3 saturated heterocycles. The highest BCUT2D eigenvalue weighted by atomic mass is 35.5. The SMILES string of the molecule is ClC1(c2ccccc2)OC[C@H]2OC(Cl)(c3ccccc3)O[C@@H]2[C@H]([C@@H]2COC(Cl)(c3ccccc3)O2)O1. The Kier molecular flexibility index (Phi) is 6.53. The molecule has 3 heterocycles. The van der Waals surface area contributed by atoms with Gasteiger partial charge < -0.3 is 28.4 Å². The van der Waals surface area contributed by atoms with E-state index in [0.717, 1.165) is 0 Å². The van der Waals surface area contributed by atoms with Gasteiger partial charge in [-0.1, -0.05) is 126 Å². The zero-order chi connectivity index (χ0) is 24.8. The first kappa shape index (κ1) is 24.6. The molecule has 6 nitrogen and oxygen atoms in total. The molecule has 0 amide bonds. The quantitative estimate of drug-likeness (QED) is 0.387. The summed E-state index contributed by atoms with van der Waals surface area (Å²) in [5.74, 6) is 0. The lowest BCUT2D eigenvalue weighted by Crippen LogP contribution is -2.47. The number of ether oxygens (including phenoxy) is 6. The van der Waals surface area contributed by atoms with E-state index in [4.69, 9.17) is 63.2 Å². The highest BCUT2D eigenvalue weighted by molar-refractivity contribution is 6.22. The van der Waals surface area contributed by atoms with Crippen LogP contribution in [0.4, 0.5) is 0 Å². The van der Waals surface area contributed by atoms with Crippen LogP contribution in [0.1, 0.15) is 16.7 Å². The van der Waals surface area contributed by atoms with Gasteiger partial charge in [0.05, 0.1) is 13.2 Å². The molecule has 0 aliphatic carbocycles. The van der Waals surface area contributed by atoms with Crippen molar-refractivity contribution in [3.8, 4) is 0 Å². The summed E-state index contributed by atoms with van der Waals surface area (Å²) in [5.41, 5.74) is 1.93. The normalized spacial score (nSPS) is 38.4. The Balaban J connectivity index is 1.34. The van der Waals surface area contributed by atoms with Crippen LogP contribution in [0.25, 0.3) is 0 Å². The molecule has 36 heavy (non-hydrogen) atoms. The minimum absolute atomic E-state index is 0.0686. The Bertz CT molecular complexity index is 1190. The number of rotatable bonds is 4. The van der Waals surface area contributed by atoms with Gasteiger partial charge in [-0.05, 0) is 0 Å². The molecule has 9 heteroatoms. The van der Waals surface area contributed by atoms with Crippen LogP contribution in [0.2, 0.25) is 0 Å². The summed E-state index contributed by atoms with van der Waals surface area (Å²) in [4.78, 5) is 0. The molecule has 0 saturated carbocycles. The third-order valence-electron chi connectivity index (χ3n) is 6.46. The molecule has 0 spiro atoms. The molecule has 3 aliphatic rings. The van der Waals surface area contributed by atoms with E-state index in [-0.39, 0.29) is 13.2 Å². The molecule has 6 rings (SSSR count). The lowest BCUT2D eigenvalue weighted by Gasteiger charge is -2.34. The number of benzene rings is 3. The standard InChI is InChI=1S/C27H23Cl3O6/c28-25(18-10-4-1-5-11-18)31-16-21(33-25)23-24-22(34-27(30,36-24)20-14-8-3-9-15-20)17-32-26(29,35-23)19-12-6-2-7-13-19/h1-15,21-24H,16-17H2/t21-,22+,23-,24-,25?,26?,27?/m0/s1. The van der Waals surface area contributed by atoms with Crippen LogP contribution < -0.4 is 0 Å². The van der Waals surface area contributed by atoms with Gasteiger partial charge in [0.25, 0.3) is 15.7 Å². The average Bonchev–Trinajstić information content (AvgIpc) is 3.45. The van der Waals surface area contributed by atoms with E-state index in [9.17, 15) is 0 Å². The average molecular weight is 550 g/mol. The second kappa shape index (κ2) is 9.55. The topological polar surface area (TPSA) is 55.4 Å². The maximum absolute atomic E-state index is 6.95. The van der Waals surface area contributed by atoms with Gasteiger partial charge in [0.15, 0.2) is 0 Å². The maximum Gasteiger partial charge on any atom is 0.277 e. The Labute approximate surface area is 223 Å². The van der Waals surface area contributed by atoms with Gasteiger partial charge in [-0.3, -0.25) is 0 Å². The molecular formula is C27H23Cl3O6. The fourth-order valence-electron chi connectivity index (χ4n) is 4.67. The number of halogens is 3. The summed E-state index contributed by atoms with van der Waals surface area (Å²) in [7, 11) is 0. The van der Waals surface area contributed by atoms with Gasteiger partial charge in [-0.15, -0.1) is 0 Å². The Hall–Kier alpha value is -1.71. The van der Waals surface area contributed by atoms with Crippen molar-refractivity contribution in [1.82, 2.24) is 0 Å². The highest BCUT2D eigenvalue weighted by Crippen LogP contribution is 2.49. The van der Waals surface area contributed by atoms with E-state index in [1.807, 2.05) is 91.0 Å². The van der Waals surface area contributed by atoms with Gasteiger partial charge in [-0.25, -0.2) is 0 Å². The zero-order valence-corrected chi connectivity index (χ0v) is 21.2. The van der Waals surface area contributed by atoms with Crippen molar-refractivity contribution in [2.24, 2.45) is 0 Å². The molecule has 0 aromatic heterocycles. The molecule has 3 fully saturated rings. The summed E-state index contributed by atoms with van der Waals surface area (Å²) in [6.07, 6.45) is -2.78. The molecule has 0 N–H and O–H groups in total. The minimum Gasteiger partial charge on any atom is -0.331 e. The van der Waals surface area contributed by atoms with E-state index in [2.05, 4.69) is 0 Å². The van der Waals surface area contributed by atoms with E-state index >= 15 is 0 Å². The van der Waals surface area contributed by atoms with Crippen LogP contribution in [-0.4, -0.2) is 37.6 Å². The molecule has 3 aromatic rings. The summed E-state index contributed by atoms with van der Waals surface area (Å²) >= 11 is 20.6. The first-order chi connectivity index (χ1) is 17.4. The third kappa shape index (κ3) is 4.45. The molecule has 188 valence electrons. The fraction of sp³-hybridized carbons (Fsp3) is 0.333. The van der Waals surface area contributed by atoms with Crippen molar-refractivity contribution in [3.05, 3.63) is 108 Å². The van der Waals surface area contributed by atoms with Gasteiger partial charge in [0, 0.05) is 16.7 Å². The van der Waals surface area contributed by atoms with Gasteiger partial charge in [0.2, 0.25) is 0 Å². The molecule has 0 radical (unpaired) electrons. The van der Waals surface area contributed by atoms with Gasteiger partial charge in [-0.2, -0.15) is 0 Å². The molecule has 0 bridgehead atoms. The zero-order valence-electron chi connectivity index (χ0n) is 19.0. The lowest BCUT2D eigenvalue weighted by molar-refractivity contribution is -0.250. The summed E-state index contributed by atoms with van der Waals surface area (Å²) in [6.45, 7) is 0.192. The fourth-order valence-corrected chi connectivity index (χ4v) is 5.60. The Morgan fingerprint density at radius 1 is 0.472 bits per heavy atom. The molecule has 7 atom stereocenters. The second-order valence-corrected chi connectivity index (χ2v) is 10.3. The van der Waals surface area contributed by atoms with Crippen LogP contribution in [0.15, 0.2) is 91.0 Å². The first-order valence-corrected chi connectivity index (χ1v) is 12.7. The Morgan fingerprint density at radius 2 is 0.806 bits per heavy atom. The predicted octanol–water partition coefficient (Wildman–Crippen LogP) is 5.75. The number of alkyl halides is 3. The maximum atomic E-state index is 6.95. The highest BCUT2D eigenvalue weighted by Gasteiger charge is 2.59. The van der Waals surface area contributed by atoms with Crippen molar-refractivity contribution in [2.75, 3.05) is 13.2 Å². The third-order valence-corrected chi connectivity index (χ3v) is 7.69. The van der Waals surface area contributed by atoms with Crippen LogP contribution in [-0.2, 0) is 44.2 Å². The monoisotopic (exact) mass is 548 g/mol. The van der Waals surface area contributed by atoms with E-state index in [0.29, 0.717) is 16.7 Å². The molecular weight excluding hydrogens is 527 g/mol. The van der Waals surface area contributed by atoms with Crippen molar-refractivity contribution < 1.29 is 28.4 Å². The van der Waals surface area contributed by atoms with Gasteiger partial charge in [0.1, 0.15) is 24.4 Å². The van der Waals surface area contributed by atoms with Crippen LogP contribution in [0, 0.1) is 0 Å². The van der Waals surface area contributed by atoms with Crippen molar-refractivity contribution >= 4 is 34.8 Å². The van der Waals surface area contributed by atoms with Crippen molar-refractivity contribution in [3.63, 3.8) is 0 Å². The van der Waals surface area contributed by atoms with Crippen LogP contribution in [0.5, 0.6) is 0 Å². The van der Waals surface area contributed by atoms with Crippen LogP contribution in [0.3, 0.4) is 0 Å². The predicted molar refractivity (Wildman–Crippen MR) is 133 cm³/mol. The second-order valence-electron chi connectivity index (χ2n) is 8.81. The first-order valence-electron chi connectivity index (χ1n) is 11.6. The van der Waals surface area contributed by atoms with Crippen molar-refractivity contribution in [1.29, 1.82) is 0 Å². The largest absolute Gasteiger partial charge is 0.331 e. The molecule has 3 aromatic carbocycles. The lowest BCUT2D eigenvalue weighted by atomic mass is 10.0. The van der Waals surface area contributed by atoms with Crippen LogP contribution >= 0.6 is 34.8 Å². The summed E-state index contributed by atoms with van der Waals surface area (Å²) in [6, 6.07) is 27.8. The van der Waals surface area contributed by atoms with Gasteiger partial charge >= 0.3 is 0 Å². The minimum atomic E-state index is -1.61. The smallest absolute Gasteiger partial charge is 0.277 e. The molecule has 3 unspecified atom stereocenters. The number of fused-ring (bicyclic) bond motifs is 1. The summed E-state index contributed by atoms with van der Waals surface area (Å²) in [5, 5.41) is -4.63.